The van der Waals surface area contributed by atoms with E-state index in [4.69, 9.17) is 4.74 Å². The Bertz CT molecular complexity index is 782. The molecule has 0 aliphatic heterocycles. The highest BCUT2D eigenvalue weighted by molar-refractivity contribution is 9.10. The lowest BCUT2D eigenvalue weighted by Gasteiger charge is -2.09. The van der Waals surface area contributed by atoms with Gasteiger partial charge >= 0.3 is 5.97 Å². The number of amides is 1. The molecular formula is C16H14BrNO6. The molecule has 0 aromatic heterocycles. The highest BCUT2D eigenvalue weighted by Crippen LogP contribution is 2.35. The van der Waals surface area contributed by atoms with E-state index in [0.717, 1.165) is 22.2 Å². The summed E-state index contributed by atoms with van der Waals surface area (Å²) in [6.07, 6.45) is 0. The Kier molecular flexibility index (Phi) is 5.30. The highest BCUT2D eigenvalue weighted by atomic mass is 79.9. The number of nitrogens with one attached hydrogen (secondary N) is 1. The molecule has 1 amide bonds. The molecule has 24 heavy (non-hydrogen) atoms. The molecule has 0 radical (unpaired) electrons. The predicted octanol–water partition coefficient (Wildman–Crippen LogP) is 2.67. The van der Waals surface area contributed by atoms with Crippen molar-refractivity contribution in [2.45, 2.75) is 6.92 Å². The summed E-state index contributed by atoms with van der Waals surface area (Å²) in [5.74, 6) is -3.55. The molecule has 0 bridgehead atoms. The van der Waals surface area contributed by atoms with E-state index in [0.29, 0.717) is 5.69 Å². The van der Waals surface area contributed by atoms with Gasteiger partial charge in [-0.3, -0.25) is 4.79 Å². The number of halogens is 1. The van der Waals surface area contributed by atoms with Crippen LogP contribution in [0.4, 0.5) is 5.69 Å². The monoisotopic (exact) mass is 395 g/mol. The third-order valence-electron chi connectivity index (χ3n) is 3.08. The van der Waals surface area contributed by atoms with E-state index >= 15 is 0 Å². The van der Waals surface area contributed by atoms with Gasteiger partial charge in [-0.2, -0.15) is 0 Å². The van der Waals surface area contributed by atoms with E-state index in [-0.39, 0.29) is 5.56 Å². The summed E-state index contributed by atoms with van der Waals surface area (Å²) in [5, 5.41) is 30.5. The van der Waals surface area contributed by atoms with Crippen LogP contribution in [-0.2, 0) is 9.53 Å². The Morgan fingerprint density at radius 1 is 1.12 bits per heavy atom. The number of aryl methyl sites for hydroxylation is 1. The first-order valence-corrected chi connectivity index (χ1v) is 7.55. The Balaban J connectivity index is 1.96. The van der Waals surface area contributed by atoms with Crippen LogP contribution in [0.3, 0.4) is 0 Å². The second-order valence-electron chi connectivity index (χ2n) is 4.95. The van der Waals surface area contributed by atoms with Gasteiger partial charge in [-0.25, -0.2) is 4.79 Å². The largest absolute Gasteiger partial charge is 0.504 e. The molecule has 126 valence electrons. The van der Waals surface area contributed by atoms with Crippen molar-refractivity contribution in [1.29, 1.82) is 0 Å². The minimum absolute atomic E-state index is 0.199. The Labute approximate surface area is 145 Å². The number of phenols is 3. The molecule has 0 atom stereocenters. The fourth-order valence-electron chi connectivity index (χ4n) is 1.86. The number of carbonyl (C=O) groups is 2. The van der Waals surface area contributed by atoms with Gasteiger partial charge in [0.25, 0.3) is 5.91 Å². The average Bonchev–Trinajstić information content (AvgIpc) is 2.53. The first-order valence-electron chi connectivity index (χ1n) is 6.76. The molecule has 0 spiro atoms. The van der Waals surface area contributed by atoms with Crippen molar-refractivity contribution in [3.63, 3.8) is 0 Å². The number of aromatic hydroxyl groups is 3. The van der Waals surface area contributed by atoms with Gasteiger partial charge in [0.1, 0.15) is 0 Å². The van der Waals surface area contributed by atoms with Gasteiger partial charge in [0.05, 0.1) is 5.56 Å². The first kappa shape index (κ1) is 17.6. The van der Waals surface area contributed by atoms with Crippen LogP contribution in [-0.4, -0.2) is 33.8 Å². The molecule has 0 fully saturated rings. The smallest absolute Gasteiger partial charge is 0.338 e. The van der Waals surface area contributed by atoms with Crippen molar-refractivity contribution >= 4 is 33.5 Å². The standard InChI is InChI=1S/C16H14BrNO6/c1-8-4-10(2-3-11(8)17)18-14(21)7-24-16(23)9-5-12(19)15(22)13(20)6-9/h2-6,19-20,22H,7H2,1H3,(H,18,21). The zero-order chi connectivity index (χ0) is 17.9. The summed E-state index contributed by atoms with van der Waals surface area (Å²) < 4.78 is 5.70. The second kappa shape index (κ2) is 7.22. The van der Waals surface area contributed by atoms with Gasteiger partial charge in [0.2, 0.25) is 0 Å². The average molecular weight is 396 g/mol. The molecule has 0 heterocycles. The minimum Gasteiger partial charge on any atom is -0.504 e. The molecule has 8 heteroatoms. The van der Waals surface area contributed by atoms with Crippen molar-refractivity contribution in [2.75, 3.05) is 11.9 Å². The normalized spacial score (nSPS) is 10.2. The van der Waals surface area contributed by atoms with Gasteiger partial charge in [0.15, 0.2) is 23.9 Å². The summed E-state index contributed by atoms with van der Waals surface area (Å²) in [6, 6.07) is 7.06. The van der Waals surface area contributed by atoms with Crippen LogP contribution in [0.2, 0.25) is 0 Å². The summed E-state index contributed by atoms with van der Waals surface area (Å²) in [6.45, 7) is 1.32. The van der Waals surface area contributed by atoms with Crippen LogP contribution in [0.25, 0.3) is 0 Å². The zero-order valence-corrected chi connectivity index (χ0v) is 14.1. The summed E-state index contributed by atoms with van der Waals surface area (Å²) in [4.78, 5) is 23.6. The number of hydrogen-bond donors (Lipinski definition) is 4. The van der Waals surface area contributed by atoms with Crippen molar-refractivity contribution in [3.8, 4) is 17.2 Å². The molecule has 0 unspecified atom stereocenters. The van der Waals surface area contributed by atoms with Crippen molar-refractivity contribution in [3.05, 3.63) is 45.9 Å². The number of rotatable bonds is 4. The van der Waals surface area contributed by atoms with Gasteiger partial charge in [-0.05, 0) is 42.8 Å². The second-order valence-corrected chi connectivity index (χ2v) is 5.81. The maximum absolute atomic E-state index is 11.8. The van der Waals surface area contributed by atoms with E-state index in [9.17, 15) is 24.9 Å². The molecule has 2 aromatic rings. The molecule has 0 saturated carbocycles. The number of ether oxygens (including phenoxy) is 1. The molecular weight excluding hydrogens is 382 g/mol. The fourth-order valence-corrected chi connectivity index (χ4v) is 2.10. The fraction of sp³-hybridized carbons (Fsp3) is 0.125. The van der Waals surface area contributed by atoms with E-state index in [1.807, 2.05) is 6.92 Å². The summed E-state index contributed by atoms with van der Waals surface area (Å²) >= 11 is 3.35. The molecule has 0 aliphatic carbocycles. The van der Waals surface area contributed by atoms with E-state index in [2.05, 4.69) is 21.2 Å². The number of esters is 1. The van der Waals surface area contributed by atoms with Crippen LogP contribution in [0.1, 0.15) is 15.9 Å². The quantitative estimate of drug-likeness (QED) is 0.467. The van der Waals surface area contributed by atoms with Gasteiger partial charge < -0.3 is 25.4 Å². The lowest BCUT2D eigenvalue weighted by molar-refractivity contribution is -0.119. The molecule has 4 N–H and O–H groups in total. The van der Waals surface area contributed by atoms with Crippen LogP contribution < -0.4 is 5.32 Å². The highest BCUT2D eigenvalue weighted by Gasteiger charge is 2.16. The van der Waals surface area contributed by atoms with E-state index < -0.39 is 35.7 Å². The topological polar surface area (TPSA) is 116 Å². The van der Waals surface area contributed by atoms with Crippen LogP contribution in [0.15, 0.2) is 34.8 Å². The number of carbonyl (C=O) groups excluding carboxylic acids is 2. The van der Waals surface area contributed by atoms with Crippen molar-refractivity contribution in [2.24, 2.45) is 0 Å². The molecule has 0 saturated heterocycles. The van der Waals surface area contributed by atoms with Crippen LogP contribution in [0.5, 0.6) is 17.2 Å². The molecule has 0 aliphatic rings. The number of anilines is 1. The molecule has 2 rings (SSSR count). The lowest BCUT2D eigenvalue weighted by Crippen LogP contribution is -2.21. The Hall–Kier alpha value is -2.74. The van der Waals surface area contributed by atoms with Crippen molar-refractivity contribution < 1.29 is 29.6 Å². The zero-order valence-electron chi connectivity index (χ0n) is 12.5. The Morgan fingerprint density at radius 2 is 1.75 bits per heavy atom. The van der Waals surface area contributed by atoms with Gasteiger partial charge in [-0.15, -0.1) is 0 Å². The first-order chi connectivity index (χ1) is 11.3. The third kappa shape index (κ3) is 4.17. The van der Waals surface area contributed by atoms with E-state index in [1.54, 1.807) is 18.2 Å². The lowest BCUT2D eigenvalue weighted by atomic mass is 10.2. The maximum atomic E-state index is 11.8. The SMILES string of the molecule is Cc1cc(NC(=O)COC(=O)c2cc(O)c(O)c(O)c2)ccc1Br. The maximum Gasteiger partial charge on any atom is 0.338 e. The van der Waals surface area contributed by atoms with Gasteiger partial charge in [0, 0.05) is 10.2 Å². The number of phenolic OH excluding ortho intramolecular Hbond substituents is 3. The predicted molar refractivity (Wildman–Crippen MR) is 89.2 cm³/mol. The summed E-state index contributed by atoms with van der Waals surface area (Å²) in [7, 11) is 0. The molecule has 2 aromatic carbocycles. The third-order valence-corrected chi connectivity index (χ3v) is 3.97. The Morgan fingerprint density at radius 3 is 2.33 bits per heavy atom. The minimum atomic E-state index is -0.928. The number of benzene rings is 2. The van der Waals surface area contributed by atoms with Crippen LogP contribution in [0, 0.1) is 6.92 Å². The molecule has 7 nitrogen and oxygen atoms in total. The summed E-state index contributed by atoms with van der Waals surface area (Å²) in [5.41, 5.74) is 1.28. The number of hydrogen-bond acceptors (Lipinski definition) is 6. The van der Waals surface area contributed by atoms with E-state index in [1.165, 1.54) is 0 Å². The van der Waals surface area contributed by atoms with Crippen LogP contribution >= 0.6 is 15.9 Å². The van der Waals surface area contributed by atoms with Crippen molar-refractivity contribution in [1.82, 2.24) is 0 Å². The van der Waals surface area contributed by atoms with Gasteiger partial charge in [-0.1, -0.05) is 15.9 Å².